The third kappa shape index (κ3) is 3.13. The van der Waals surface area contributed by atoms with Gasteiger partial charge in [0.1, 0.15) is 0 Å². The number of nitrogens with zero attached hydrogens (tertiary/aromatic N) is 3. The Labute approximate surface area is 124 Å². The number of thiophene rings is 1. The molecule has 106 valence electrons. The van der Waals surface area contributed by atoms with Crippen molar-refractivity contribution >= 4 is 35.0 Å². The number of rotatable bonds is 6. The maximum atomic E-state index is 11.8. The van der Waals surface area contributed by atoms with Crippen molar-refractivity contribution in [3.05, 3.63) is 22.4 Å². The van der Waals surface area contributed by atoms with Crippen molar-refractivity contribution in [1.82, 2.24) is 20.1 Å². The predicted molar refractivity (Wildman–Crippen MR) is 79.6 cm³/mol. The van der Waals surface area contributed by atoms with Crippen molar-refractivity contribution in [1.29, 1.82) is 0 Å². The first-order chi connectivity index (χ1) is 9.74. The molecule has 0 radical (unpaired) electrons. The number of thioether (sulfide) groups is 1. The van der Waals surface area contributed by atoms with E-state index < -0.39 is 0 Å². The summed E-state index contributed by atoms with van der Waals surface area (Å²) in [6, 6.07) is 4.39. The topological polar surface area (TPSA) is 85.8 Å². The minimum atomic E-state index is -0.00711. The van der Waals surface area contributed by atoms with Crippen LogP contribution in [0.5, 0.6) is 0 Å². The first-order valence-corrected chi connectivity index (χ1v) is 8.23. The number of carbonyl (C=O) groups excluding carboxylic acids is 1. The van der Waals surface area contributed by atoms with Crippen molar-refractivity contribution < 1.29 is 4.79 Å². The quantitative estimate of drug-likeness (QED) is 0.793. The van der Waals surface area contributed by atoms with E-state index in [1.165, 1.54) is 11.8 Å². The smallest absolute Gasteiger partial charge is 0.230 e. The van der Waals surface area contributed by atoms with Crippen LogP contribution in [0.25, 0.3) is 0 Å². The first-order valence-electron chi connectivity index (χ1n) is 6.36. The van der Waals surface area contributed by atoms with E-state index in [9.17, 15) is 4.79 Å². The van der Waals surface area contributed by atoms with E-state index in [0.717, 1.165) is 22.9 Å². The molecule has 3 rings (SSSR count). The highest BCUT2D eigenvalue weighted by Gasteiger charge is 2.29. The van der Waals surface area contributed by atoms with Crippen LogP contribution in [-0.4, -0.2) is 26.4 Å². The summed E-state index contributed by atoms with van der Waals surface area (Å²) in [5.74, 6) is 0.761. The van der Waals surface area contributed by atoms with E-state index in [4.69, 9.17) is 5.73 Å². The Morgan fingerprint density at radius 3 is 3.10 bits per heavy atom. The lowest BCUT2D eigenvalue weighted by atomic mass is 10.4. The standard InChI is InChI=1S/C12H15N5OS2/c13-11-15-16-12(17(11)8-3-4-8)20-7-10(18)14-6-9-2-1-5-19-9/h1-2,5,8H,3-4,6-7H2,(H2,13,15)(H,14,18). The second kappa shape index (κ2) is 5.84. The fraction of sp³-hybridized carbons (Fsp3) is 0.417. The van der Waals surface area contributed by atoms with Crippen LogP contribution in [0.2, 0.25) is 0 Å². The van der Waals surface area contributed by atoms with Crippen LogP contribution < -0.4 is 11.1 Å². The van der Waals surface area contributed by atoms with E-state index in [-0.39, 0.29) is 5.91 Å². The van der Waals surface area contributed by atoms with Gasteiger partial charge in [-0.3, -0.25) is 9.36 Å². The van der Waals surface area contributed by atoms with Gasteiger partial charge in [-0.05, 0) is 24.3 Å². The van der Waals surface area contributed by atoms with Crippen molar-refractivity contribution in [2.75, 3.05) is 11.5 Å². The molecule has 0 atom stereocenters. The Kier molecular flexibility index (Phi) is 3.93. The zero-order valence-electron chi connectivity index (χ0n) is 10.8. The number of hydrogen-bond acceptors (Lipinski definition) is 6. The second-order valence-corrected chi connectivity index (χ2v) is 6.56. The van der Waals surface area contributed by atoms with Crippen LogP contribution >= 0.6 is 23.1 Å². The van der Waals surface area contributed by atoms with Gasteiger partial charge in [-0.25, -0.2) is 0 Å². The van der Waals surface area contributed by atoms with Crippen molar-refractivity contribution in [2.24, 2.45) is 0 Å². The van der Waals surface area contributed by atoms with Crippen LogP contribution in [-0.2, 0) is 11.3 Å². The lowest BCUT2D eigenvalue weighted by molar-refractivity contribution is -0.118. The molecule has 1 aliphatic carbocycles. The molecule has 0 bridgehead atoms. The minimum Gasteiger partial charge on any atom is -0.368 e. The summed E-state index contributed by atoms with van der Waals surface area (Å²) in [6.07, 6.45) is 2.22. The highest BCUT2D eigenvalue weighted by atomic mass is 32.2. The lowest BCUT2D eigenvalue weighted by Gasteiger charge is -2.06. The van der Waals surface area contributed by atoms with Gasteiger partial charge in [0.25, 0.3) is 0 Å². The van der Waals surface area contributed by atoms with E-state index in [0.29, 0.717) is 24.3 Å². The van der Waals surface area contributed by atoms with Gasteiger partial charge in [0.2, 0.25) is 11.9 Å². The van der Waals surface area contributed by atoms with Gasteiger partial charge in [0, 0.05) is 10.9 Å². The number of anilines is 1. The fourth-order valence-corrected chi connectivity index (χ4v) is 3.33. The molecule has 1 saturated carbocycles. The Morgan fingerprint density at radius 2 is 2.40 bits per heavy atom. The number of nitrogen functional groups attached to an aromatic ring is 1. The highest BCUT2D eigenvalue weighted by Crippen LogP contribution is 2.39. The van der Waals surface area contributed by atoms with Gasteiger partial charge >= 0.3 is 0 Å². The Bertz CT molecular complexity index is 591. The Balaban J connectivity index is 1.50. The average molecular weight is 309 g/mol. The summed E-state index contributed by atoms with van der Waals surface area (Å²) < 4.78 is 1.93. The van der Waals surface area contributed by atoms with Crippen LogP contribution in [0.1, 0.15) is 23.8 Å². The molecule has 2 heterocycles. The van der Waals surface area contributed by atoms with Crippen LogP contribution in [0.3, 0.4) is 0 Å². The normalized spacial score (nSPS) is 14.4. The summed E-state index contributed by atoms with van der Waals surface area (Å²) in [6.45, 7) is 0.578. The number of hydrogen-bond donors (Lipinski definition) is 2. The fourth-order valence-electron chi connectivity index (χ4n) is 1.84. The molecule has 1 fully saturated rings. The number of carbonyl (C=O) groups is 1. The van der Waals surface area contributed by atoms with Crippen molar-refractivity contribution in [3.8, 4) is 0 Å². The Morgan fingerprint density at radius 1 is 1.55 bits per heavy atom. The maximum Gasteiger partial charge on any atom is 0.230 e. The monoisotopic (exact) mass is 309 g/mol. The van der Waals surface area contributed by atoms with Gasteiger partial charge in [0.15, 0.2) is 5.16 Å². The van der Waals surface area contributed by atoms with Crippen molar-refractivity contribution in [3.63, 3.8) is 0 Å². The number of amides is 1. The van der Waals surface area contributed by atoms with Gasteiger partial charge in [-0.1, -0.05) is 17.8 Å². The van der Waals surface area contributed by atoms with E-state index in [1.54, 1.807) is 11.3 Å². The van der Waals surface area contributed by atoms with Gasteiger partial charge in [0.05, 0.1) is 12.3 Å². The van der Waals surface area contributed by atoms with Crippen LogP contribution in [0, 0.1) is 0 Å². The number of nitrogens with two attached hydrogens (primary N) is 1. The third-order valence-electron chi connectivity index (χ3n) is 2.98. The molecule has 2 aromatic rings. The van der Waals surface area contributed by atoms with Crippen LogP contribution in [0.15, 0.2) is 22.7 Å². The number of nitrogens with one attached hydrogen (secondary N) is 1. The molecule has 0 aliphatic heterocycles. The molecule has 1 aliphatic rings. The molecular formula is C12H15N5OS2. The molecule has 2 aromatic heterocycles. The summed E-state index contributed by atoms with van der Waals surface area (Å²) >= 11 is 3.02. The van der Waals surface area contributed by atoms with E-state index in [2.05, 4.69) is 15.5 Å². The molecule has 3 N–H and O–H groups in total. The molecular weight excluding hydrogens is 294 g/mol. The molecule has 1 amide bonds. The molecule has 0 aromatic carbocycles. The molecule has 0 saturated heterocycles. The largest absolute Gasteiger partial charge is 0.368 e. The molecule has 0 spiro atoms. The van der Waals surface area contributed by atoms with E-state index >= 15 is 0 Å². The highest BCUT2D eigenvalue weighted by molar-refractivity contribution is 7.99. The lowest BCUT2D eigenvalue weighted by Crippen LogP contribution is -2.24. The summed E-state index contributed by atoms with van der Waals surface area (Å²) in [5, 5.41) is 13.5. The van der Waals surface area contributed by atoms with Gasteiger partial charge in [-0.15, -0.1) is 21.5 Å². The van der Waals surface area contributed by atoms with Crippen molar-refractivity contribution in [2.45, 2.75) is 30.6 Å². The first kappa shape index (κ1) is 13.4. The summed E-state index contributed by atoms with van der Waals surface area (Å²) in [7, 11) is 0. The minimum absolute atomic E-state index is 0.00711. The summed E-state index contributed by atoms with van der Waals surface area (Å²) in [5.41, 5.74) is 5.79. The molecule has 6 nitrogen and oxygen atoms in total. The molecule has 0 unspecified atom stereocenters. The predicted octanol–water partition coefficient (Wildman–Crippen LogP) is 1.67. The molecule has 8 heteroatoms. The number of aromatic nitrogens is 3. The maximum absolute atomic E-state index is 11.8. The van der Waals surface area contributed by atoms with E-state index in [1.807, 2.05) is 22.1 Å². The van der Waals surface area contributed by atoms with Crippen LogP contribution in [0.4, 0.5) is 5.95 Å². The SMILES string of the molecule is Nc1nnc(SCC(=O)NCc2cccs2)n1C1CC1. The summed E-state index contributed by atoms with van der Waals surface area (Å²) in [4.78, 5) is 12.9. The third-order valence-corrected chi connectivity index (χ3v) is 4.79. The van der Waals surface area contributed by atoms with Gasteiger partial charge in [-0.2, -0.15) is 0 Å². The average Bonchev–Trinajstić information content (AvgIpc) is 3.00. The van der Waals surface area contributed by atoms with Gasteiger partial charge < -0.3 is 11.1 Å². The zero-order chi connectivity index (χ0) is 13.9. The Hall–Kier alpha value is -1.54. The second-order valence-electron chi connectivity index (χ2n) is 4.59. The zero-order valence-corrected chi connectivity index (χ0v) is 12.4. The molecule has 20 heavy (non-hydrogen) atoms.